The molecule has 0 bridgehead atoms. The number of hydrogen-bond donors (Lipinski definition) is 0. The van der Waals surface area contributed by atoms with Crippen LogP contribution in [0, 0.1) is 0 Å². The molecule has 13 aromatic carbocycles. The molecule has 0 aliphatic heterocycles. The fourth-order valence-corrected chi connectivity index (χ4v) is 16.7. The molecule has 0 atom stereocenters. The number of hydrogen-bond acceptors (Lipinski definition) is 6. The molecule has 8 aromatic heterocycles. The fraction of sp³-hybridized carbons (Fsp3) is 0. The molecule has 0 spiro atoms. The number of anilines is 6. The van der Waals surface area contributed by atoms with Crippen LogP contribution in [0.15, 0.2) is 389 Å². The van der Waals surface area contributed by atoms with Crippen molar-refractivity contribution in [2.45, 2.75) is 0 Å². The van der Waals surface area contributed by atoms with Gasteiger partial charge in [-0.05, 0) is 185 Å². The molecule has 21 aromatic rings. The molecule has 0 fully saturated rings. The van der Waals surface area contributed by atoms with Gasteiger partial charge in [-0.3, -0.25) is 24.1 Å². The first-order chi connectivity index (χ1) is 53.6. The van der Waals surface area contributed by atoms with Crippen LogP contribution in [0.5, 0.6) is 0 Å². The Morgan fingerprint density at radius 3 is 0.972 bits per heavy atom. The summed E-state index contributed by atoms with van der Waals surface area (Å²) in [5, 5.41) is 8.47. The lowest BCUT2D eigenvalue weighted by atomic mass is 9.88. The SMILES string of the molecule is c1ccc(-c2cc(-c3ccccc3)cc(-c3c(-c4ccc(-n5c6ccc(N(c7ccccc7)c7ccccc7)cc6c6cc(N(c7ccccc7)c7ccccc7)ccc65)cc4)c(-n4c5ccccc5c5cnccc54)nc(-n4c5ccccc5c5cnccc54)c3-n3c4ccccc4c4cnccc43)c2)cc1. The minimum atomic E-state index is 0.726. The second-order valence-corrected chi connectivity index (χ2v) is 27.4. The Hall–Kier alpha value is -14.7. The summed E-state index contributed by atoms with van der Waals surface area (Å²) in [5.74, 6) is 1.46. The summed E-state index contributed by atoms with van der Waals surface area (Å²) in [4.78, 5) is 25.7. The van der Waals surface area contributed by atoms with Crippen molar-refractivity contribution in [1.82, 2.24) is 38.2 Å². The highest BCUT2D eigenvalue weighted by Crippen LogP contribution is 2.51. The first kappa shape index (κ1) is 61.9. The Bertz CT molecular complexity index is 6590. The van der Waals surface area contributed by atoms with Gasteiger partial charge < -0.3 is 18.9 Å². The maximum absolute atomic E-state index is 6.47. The molecule has 0 unspecified atom stereocenters. The fourth-order valence-electron chi connectivity index (χ4n) is 16.7. The average Bonchev–Trinajstić information content (AvgIpc) is 1.43. The van der Waals surface area contributed by atoms with Crippen molar-refractivity contribution in [1.29, 1.82) is 0 Å². The molecule has 0 aliphatic rings. The first-order valence-electron chi connectivity index (χ1n) is 36.5. The molecule has 10 nitrogen and oxygen atoms in total. The van der Waals surface area contributed by atoms with Crippen molar-refractivity contribution in [2.75, 3.05) is 9.80 Å². The van der Waals surface area contributed by atoms with E-state index >= 15 is 0 Å². The molecule has 108 heavy (non-hydrogen) atoms. The summed E-state index contributed by atoms with van der Waals surface area (Å²) < 4.78 is 9.69. The second-order valence-electron chi connectivity index (χ2n) is 27.4. The molecular weight excluding hydrogens is 1320 g/mol. The Kier molecular flexibility index (Phi) is 14.7. The number of pyridine rings is 4. The van der Waals surface area contributed by atoms with E-state index in [4.69, 9.17) is 19.9 Å². The molecule has 0 aliphatic carbocycles. The summed E-state index contributed by atoms with van der Waals surface area (Å²) >= 11 is 0. The van der Waals surface area contributed by atoms with Gasteiger partial charge in [0.05, 0.1) is 49.8 Å². The van der Waals surface area contributed by atoms with Crippen LogP contribution in [0.3, 0.4) is 0 Å². The smallest absolute Gasteiger partial charge is 0.165 e. The van der Waals surface area contributed by atoms with Crippen LogP contribution in [0.4, 0.5) is 34.1 Å². The minimum Gasteiger partial charge on any atom is -0.310 e. The Labute approximate surface area is 622 Å². The van der Waals surface area contributed by atoms with Gasteiger partial charge in [-0.1, -0.05) is 200 Å². The molecule has 0 radical (unpaired) electrons. The van der Waals surface area contributed by atoms with E-state index in [-0.39, 0.29) is 0 Å². The zero-order chi connectivity index (χ0) is 71.2. The van der Waals surface area contributed by atoms with Crippen LogP contribution < -0.4 is 9.80 Å². The van der Waals surface area contributed by atoms with Gasteiger partial charge in [-0.2, -0.15) is 0 Å². The Morgan fingerprint density at radius 2 is 0.546 bits per heavy atom. The van der Waals surface area contributed by atoms with Crippen molar-refractivity contribution >= 4 is 121 Å². The molecule has 0 amide bonds. The van der Waals surface area contributed by atoms with Gasteiger partial charge in [0.1, 0.15) is 5.82 Å². The van der Waals surface area contributed by atoms with Gasteiger partial charge in [0, 0.05) is 131 Å². The average molecular weight is 1380 g/mol. The van der Waals surface area contributed by atoms with E-state index < -0.39 is 0 Å². The normalized spacial score (nSPS) is 11.7. The predicted molar refractivity (Wildman–Crippen MR) is 446 cm³/mol. The van der Waals surface area contributed by atoms with Crippen molar-refractivity contribution in [3.8, 4) is 67.5 Å². The largest absolute Gasteiger partial charge is 0.310 e. The third-order valence-electron chi connectivity index (χ3n) is 21.4. The number of aromatic nitrogens is 8. The van der Waals surface area contributed by atoms with E-state index in [2.05, 4.69) is 380 Å². The maximum atomic E-state index is 6.47. The van der Waals surface area contributed by atoms with Crippen LogP contribution >= 0.6 is 0 Å². The third kappa shape index (κ3) is 10.1. The van der Waals surface area contributed by atoms with E-state index in [1.807, 2.05) is 37.2 Å². The lowest BCUT2D eigenvalue weighted by Crippen LogP contribution is -2.13. The zero-order valence-electron chi connectivity index (χ0n) is 58.4. The molecule has 0 N–H and O–H groups in total. The Morgan fingerprint density at radius 1 is 0.204 bits per heavy atom. The number of rotatable bonds is 14. The number of fused-ring (bicyclic) bond motifs is 12. The Balaban J connectivity index is 0.903. The molecule has 0 saturated heterocycles. The van der Waals surface area contributed by atoms with E-state index in [9.17, 15) is 0 Å². The van der Waals surface area contributed by atoms with Gasteiger partial charge in [-0.15, -0.1) is 0 Å². The van der Waals surface area contributed by atoms with Gasteiger partial charge >= 0.3 is 0 Å². The quantitative estimate of drug-likeness (QED) is 0.108. The van der Waals surface area contributed by atoms with Crippen LogP contribution in [-0.2, 0) is 0 Å². The van der Waals surface area contributed by atoms with E-state index in [1.165, 1.54) is 0 Å². The van der Waals surface area contributed by atoms with Crippen molar-refractivity contribution in [3.05, 3.63) is 389 Å². The van der Waals surface area contributed by atoms with Crippen molar-refractivity contribution < 1.29 is 0 Å². The van der Waals surface area contributed by atoms with Gasteiger partial charge in [0.15, 0.2) is 5.82 Å². The monoisotopic (exact) mass is 1380 g/mol. The van der Waals surface area contributed by atoms with E-state index in [0.717, 1.165) is 189 Å². The molecule has 8 heterocycles. The third-order valence-corrected chi connectivity index (χ3v) is 21.4. The highest BCUT2D eigenvalue weighted by molar-refractivity contribution is 6.16. The second kappa shape index (κ2) is 25.6. The predicted octanol–water partition coefficient (Wildman–Crippen LogP) is 25.3. The first-order valence-corrected chi connectivity index (χ1v) is 36.5. The summed E-state index contributed by atoms with van der Waals surface area (Å²) in [5.41, 5.74) is 24.4. The minimum absolute atomic E-state index is 0.726. The van der Waals surface area contributed by atoms with Gasteiger partial charge in [0.25, 0.3) is 0 Å². The van der Waals surface area contributed by atoms with Crippen molar-refractivity contribution in [2.24, 2.45) is 0 Å². The van der Waals surface area contributed by atoms with Crippen LogP contribution in [-0.4, -0.2) is 38.2 Å². The van der Waals surface area contributed by atoms with Gasteiger partial charge in [0.2, 0.25) is 0 Å². The summed E-state index contributed by atoms with van der Waals surface area (Å²) in [7, 11) is 0. The number of para-hydroxylation sites is 7. The number of nitrogens with zero attached hydrogens (tertiary/aromatic N) is 10. The van der Waals surface area contributed by atoms with E-state index in [1.54, 1.807) is 0 Å². The topological polar surface area (TPSA) is 77.8 Å². The lowest BCUT2D eigenvalue weighted by Gasteiger charge is -2.26. The highest BCUT2D eigenvalue weighted by atomic mass is 15.2. The van der Waals surface area contributed by atoms with Gasteiger partial charge in [-0.25, -0.2) is 4.98 Å². The van der Waals surface area contributed by atoms with E-state index in [0.29, 0.717) is 0 Å². The van der Waals surface area contributed by atoms with Crippen molar-refractivity contribution in [3.63, 3.8) is 0 Å². The maximum Gasteiger partial charge on any atom is 0.165 e. The summed E-state index contributed by atoms with van der Waals surface area (Å²) in [6.45, 7) is 0. The number of benzene rings is 13. The summed E-state index contributed by atoms with van der Waals surface area (Å²) in [6.07, 6.45) is 11.7. The molecule has 21 rings (SSSR count). The lowest BCUT2D eigenvalue weighted by molar-refractivity contribution is 0.986. The standard InChI is InChI=1S/C98H64N10/c1-7-25-65(26-8-1)68-57-69(66-27-9-2-10-28-66)59-70(58-68)94-95(67-43-45-75(46-44-67)105-89-49-47-76(103(71-29-11-3-12-30-71)72-31-13-4-14-32-72)60-81(89)82-61-77(48-50-90(82)105)104(73-33-15-5-16-34-73)74-35-17-6-18-36-74)97(107-87-41-23-20-38-79(87)84-63-100-55-52-92(84)107)102-98(108-88-42-24-21-39-80(88)85-64-101-56-53-93(85)108)96(94)106-86-40-22-19-37-78(86)83-62-99-54-51-91(83)106/h1-64H. The molecule has 10 heteroatoms. The molecule has 506 valence electrons. The molecule has 0 saturated carbocycles. The van der Waals surface area contributed by atoms with Crippen LogP contribution in [0.1, 0.15) is 0 Å². The van der Waals surface area contributed by atoms with Crippen LogP contribution in [0.2, 0.25) is 0 Å². The highest BCUT2D eigenvalue weighted by Gasteiger charge is 2.32. The zero-order valence-corrected chi connectivity index (χ0v) is 58.4. The van der Waals surface area contributed by atoms with Crippen LogP contribution in [0.25, 0.3) is 155 Å². The summed E-state index contributed by atoms with van der Waals surface area (Å²) in [6, 6.07) is 127. The molecular formula is C98H64N10.